The summed E-state index contributed by atoms with van der Waals surface area (Å²) in [6.45, 7) is 2.70. The molecule has 0 radical (unpaired) electrons. The van der Waals surface area contributed by atoms with Crippen LogP contribution in [0.4, 0.5) is 5.95 Å². The molecule has 2 aromatic rings. The van der Waals surface area contributed by atoms with Crippen LogP contribution in [0.3, 0.4) is 0 Å². The highest BCUT2D eigenvalue weighted by molar-refractivity contribution is 5.47. The molecule has 0 unspecified atom stereocenters. The van der Waals surface area contributed by atoms with E-state index in [2.05, 4.69) is 22.1 Å². The van der Waals surface area contributed by atoms with Crippen molar-refractivity contribution in [3.05, 3.63) is 41.2 Å². The number of hydrogen-bond acceptors (Lipinski definition) is 5. The van der Waals surface area contributed by atoms with Crippen molar-refractivity contribution in [2.24, 2.45) is 5.92 Å². The minimum Gasteiger partial charge on any atom is -0.493 e. The normalized spacial score (nSPS) is 16.4. The lowest BCUT2D eigenvalue weighted by atomic mass is 9.92. The summed E-state index contributed by atoms with van der Waals surface area (Å²) in [6.07, 6.45) is 1.87. The molecule has 0 aliphatic carbocycles. The van der Waals surface area contributed by atoms with Gasteiger partial charge in [-0.15, -0.1) is 0 Å². The lowest BCUT2D eigenvalue weighted by Crippen LogP contribution is -2.24. The molecule has 1 aromatic carbocycles. The first-order valence-corrected chi connectivity index (χ1v) is 7.87. The number of hydrogen-bond donors (Lipinski definition) is 0. The van der Waals surface area contributed by atoms with Gasteiger partial charge in [-0.05, 0) is 37.5 Å². The summed E-state index contributed by atoms with van der Waals surface area (Å²) < 4.78 is 11.3. The summed E-state index contributed by atoms with van der Waals surface area (Å²) in [5, 5.41) is 0. The Morgan fingerprint density at radius 2 is 2.13 bits per heavy atom. The van der Waals surface area contributed by atoms with Gasteiger partial charge in [-0.3, -0.25) is 0 Å². The molecule has 5 heteroatoms. The largest absolute Gasteiger partial charge is 0.493 e. The molecule has 0 bridgehead atoms. The Balaban J connectivity index is 1.77. The van der Waals surface area contributed by atoms with Crippen molar-refractivity contribution in [1.29, 1.82) is 0 Å². The van der Waals surface area contributed by atoms with Gasteiger partial charge in [-0.1, -0.05) is 12.1 Å². The number of fused-ring (bicyclic) bond motifs is 1. The number of rotatable bonds is 4. The van der Waals surface area contributed by atoms with Gasteiger partial charge in [-0.25, -0.2) is 9.97 Å². The van der Waals surface area contributed by atoms with Crippen molar-refractivity contribution in [1.82, 2.24) is 9.97 Å². The molecule has 0 saturated carbocycles. The number of aryl methyl sites for hydroxylation is 1. The molecule has 1 aliphatic heterocycles. The van der Waals surface area contributed by atoms with E-state index in [0.29, 0.717) is 12.5 Å². The van der Waals surface area contributed by atoms with Crippen molar-refractivity contribution >= 4 is 5.95 Å². The van der Waals surface area contributed by atoms with E-state index in [9.17, 15) is 0 Å². The Bertz CT molecular complexity index is 701. The highest BCUT2D eigenvalue weighted by Gasteiger charge is 2.23. The molecule has 1 aliphatic rings. The Labute approximate surface area is 137 Å². The number of para-hydroxylation sites is 1. The van der Waals surface area contributed by atoms with Crippen LogP contribution >= 0.6 is 0 Å². The van der Waals surface area contributed by atoms with Crippen molar-refractivity contribution in [3.8, 4) is 11.5 Å². The van der Waals surface area contributed by atoms with E-state index < -0.39 is 0 Å². The van der Waals surface area contributed by atoms with E-state index >= 15 is 0 Å². The SMILES string of the molecule is COc1cccc2c1OC[C@@H](Cc1cc(C)nc(N(C)C)n1)C2. The number of benzene rings is 1. The maximum Gasteiger partial charge on any atom is 0.225 e. The molecule has 2 heterocycles. The highest BCUT2D eigenvalue weighted by Crippen LogP contribution is 2.36. The highest BCUT2D eigenvalue weighted by atomic mass is 16.5. The zero-order valence-corrected chi connectivity index (χ0v) is 14.2. The van der Waals surface area contributed by atoms with Gasteiger partial charge in [0.2, 0.25) is 5.95 Å². The molecule has 122 valence electrons. The van der Waals surface area contributed by atoms with Crippen LogP contribution in [0.2, 0.25) is 0 Å². The topological polar surface area (TPSA) is 47.5 Å². The van der Waals surface area contributed by atoms with Crippen LogP contribution in [0, 0.1) is 12.8 Å². The van der Waals surface area contributed by atoms with Gasteiger partial charge >= 0.3 is 0 Å². The van der Waals surface area contributed by atoms with Gasteiger partial charge in [-0.2, -0.15) is 0 Å². The molecule has 23 heavy (non-hydrogen) atoms. The first-order valence-electron chi connectivity index (χ1n) is 7.87. The Morgan fingerprint density at radius 1 is 1.30 bits per heavy atom. The smallest absolute Gasteiger partial charge is 0.225 e. The number of nitrogens with zero attached hydrogens (tertiary/aromatic N) is 3. The minimum absolute atomic E-state index is 0.416. The van der Waals surface area contributed by atoms with E-state index in [4.69, 9.17) is 9.47 Å². The van der Waals surface area contributed by atoms with Crippen LogP contribution in [0.25, 0.3) is 0 Å². The zero-order valence-electron chi connectivity index (χ0n) is 14.2. The van der Waals surface area contributed by atoms with Gasteiger partial charge in [0.1, 0.15) is 0 Å². The second-order valence-electron chi connectivity index (χ2n) is 6.23. The van der Waals surface area contributed by atoms with E-state index in [1.165, 1.54) is 5.56 Å². The second-order valence-corrected chi connectivity index (χ2v) is 6.23. The van der Waals surface area contributed by atoms with Gasteiger partial charge in [0, 0.05) is 31.4 Å². The van der Waals surface area contributed by atoms with E-state index in [1.54, 1.807) is 7.11 Å². The van der Waals surface area contributed by atoms with Gasteiger partial charge in [0.15, 0.2) is 11.5 Å². The first-order chi connectivity index (χ1) is 11.1. The lowest BCUT2D eigenvalue weighted by Gasteiger charge is -2.26. The summed E-state index contributed by atoms with van der Waals surface area (Å²) >= 11 is 0. The van der Waals surface area contributed by atoms with Gasteiger partial charge in [0.25, 0.3) is 0 Å². The number of anilines is 1. The molecule has 1 aromatic heterocycles. The average Bonchev–Trinajstić information content (AvgIpc) is 2.53. The average molecular weight is 313 g/mol. The zero-order chi connectivity index (χ0) is 16.4. The third-order valence-electron chi connectivity index (χ3n) is 4.05. The maximum atomic E-state index is 5.96. The Morgan fingerprint density at radius 3 is 2.87 bits per heavy atom. The summed E-state index contributed by atoms with van der Waals surface area (Å²) in [7, 11) is 5.60. The van der Waals surface area contributed by atoms with Crippen LogP contribution in [-0.4, -0.2) is 37.8 Å². The third kappa shape index (κ3) is 3.38. The molecule has 0 fully saturated rings. The summed E-state index contributed by atoms with van der Waals surface area (Å²) in [5.41, 5.74) is 3.28. The number of ether oxygens (including phenoxy) is 2. The molecular formula is C18H23N3O2. The minimum atomic E-state index is 0.416. The third-order valence-corrected chi connectivity index (χ3v) is 4.05. The summed E-state index contributed by atoms with van der Waals surface area (Å²) in [4.78, 5) is 11.0. The van der Waals surface area contributed by atoms with Crippen LogP contribution in [0.1, 0.15) is 17.0 Å². The lowest BCUT2D eigenvalue weighted by molar-refractivity contribution is 0.210. The molecule has 5 nitrogen and oxygen atoms in total. The summed E-state index contributed by atoms with van der Waals surface area (Å²) in [5.74, 6) is 2.88. The molecular weight excluding hydrogens is 290 g/mol. The fraction of sp³-hybridized carbons (Fsp3) is 0.444. The van der Waals surface area contributed by atoms with Crippen LogP contribution < -0.4 is 14.4 Å². The maximum absolute atomic E-state index is 5.96. The standard InChI is InChI=1S/C18H23N3O2/c1-12-8-15(20-18(19-12)21(2)3)10-13-9-14-6-5-7-16(22-4)17(14)23-11-13/h5-8,13H,9-11H2,1-4H3/t13-/m1/s1. The molecule has 0 saturated heterocycles. The van der Waals surface area contributed by atoms with Gasteiger partial charge in [0.05, 0.1) is 13.7 Å². The Kier molecular flexibility index (Phi) is 4.37. The number of aromatic nitrogens is 2. The monoisotopic (exact) mass is 313 g/mol. The second kappa shape index (κ2) is 6.44. The molecule has 1 atom stereocenters. The number of methoxy groups -OCH3 is 1. The van der Waals surface area contributed by atoms with Crippen molar-refractivity contribution in [2.75, 3.05) is 32.7 Å². The predicted molar refractivity (Wildman–Crippen MR) is 90.5 cm³/mol. The van der Waals surface area contributed by atoms with Crippen LogP contribution in [-0.2, 0) is 12.8 Å². The van der Waals surface area contributed by atoms with Gasteiger partial charge < -0.3 is 14.4 Å². The molecule has 0 amide bonds. The predicted octanol–water partition coefficient (Wildman–Crippen LogP) is 2.65. The van der Waals surface area contributed by atoms with Crippen molar-refractivity contribution < 1.29 is 9.47 Å². The van der Waals surface area contributed by atoms with Crippen LogP contribution in [0.15, 0.2) is 24.3 Å². The summed E-state index contributed by atoms with van der Waals surface area (Å²) in [6, 6.07) is 8.13. The fourth-order valence-corrected chi connectivity index (χ4v) is 2.97. The fourth-order valence-electron chi connectivity index (χ4n) is 2.97. The quantitative estimate of drug-likeness (QED) is 0.868. The van der Waals surface area contributed by atoms with E-state index in [0.717, 1.165) is 41.7 Å². The van der Waals surface area contributed by atoms with E-state index in [1.807, 2.05) is 38.1 Å². The van der Waals surface area contributed by atoms with E-state index in [-0.39, 0.29) is 0 Å². The Hall–Kier alpha value is -2.30. The first kappa shape index (κ1) is 15.6. The molecule has 0 N–H and O–H groups in total. The van der Waals surface area contributed by atoms with Crippen molar-refractivity contribution in [3.63, 3.8) is 0 Å². The molecule has 3 rings (SSSR count). The van der Waals surface area contributed by atoms with Crippen LogP contribution in [0.5, 0.6) is 11.5 Å². The molecule has 0 spiro atoms. The van der Waals surface area contributed by atoms with Crippen molar-refractivity contribution in [2.45, 2.75) is 19.8 Å².